The van der Waals surface area contributed by atoms with E-state index in [1.54, 1.807) is 0 Å². The van der Waals surface area contributed by atoms with Gasteiger partial charge in [0.25, 0.3) is 0 Å². The molecule has 1 fully saturated rings. The molecule has 0 aromatic heterocycles. The number of anilines is 1. The third-order valence-electron chi connectivity index (χ3n) is 3.31. The normalized spacial score (nSPS) is 16.7. The Morgan fingerprint density at radius 2 is 1.95 bits per heavy atom. The number of aliphatic carboxylic acids is 1. The standard InChI is InChI=1S/C14H17N3O2/c15-10-12-2-4-13(5-3-12)17-7-1-6-16(8-9-17)11-14(18)19/h2-5H,1,6-9,11H2,(H,18,19). The van der Waals surface area contributed by atoms with Crippen molar-refractivity contribution in [2.45, 2.75) is 6.42 Å². The molecule has 19 heavy (non-hydrogen) atoms. The average Bonchev–Trinajstić information content (AvgIpc) is 2.64. The van der Waals surface area contributed by atoms with E-state index >= 15 is 0 Å². The number of carbonyl (C=O) groups is 1. The van der Waals surface area contributed by atoms with Crippen molar-refractivity contribution >= 4 is 11.7 Å². The minimum absolute atomic E-state index is 0.112. The number of benzene rings is 1. The average molecular weight is 259 g/mol. The molecule has 0 atom stereocenters. The lowest BCUT2D eigenvalue weighted by Crippen LogP contribution is -2.34. The fraction of sp³-hybridized carbons (Fsp3) is 0.429. The Morgan fingerprint density at radius 1 is 1.21 bits per heavy atom. The highest BCUT2D eigenvalue weighted by Gasteiger charge is 2.16. The number of rotatable bonds is 3. The maximum absolute atomic E-state index is 10.7. The highest BCUT2D eigenvalue weighted by molar-refractivity contribution is 5.69. The van der Waals surface area contributed by atoms with Gasteiger partial charge in [-0.25, -0.2) is 0 Å². The zero-order valence-electron chi connectivity index (χ0n) is 10.7. The van der Waals surface area contributed by atoms with E-state index in [0.717, 1.165) is 38.3 Å². The van der Waals surface area contributed by atoms with Crippen molar-refractivity contribution in [1.29, 1.82) is 5.26 Å². The number of carboxylic acid groups (broad SMARTS) is 1. The molecule has 5 nitrogen and oxygen atoms in total. The van der Waals surface area contributed by atoms with Crippen LogP contribution in [0.25, 0.3) is 0 Å². The molecule has 1 saturated heterocycles. The predicted octanol–water partition coefficient (Wildman–Crippen LogP) is 1.15. The van der Waals surface area contributed by atoms with Crippen molar-refractivity contribution in [3.8, 4) is 6.07 Å². The van der Waals surface area contributed by atoms with Crippen LogP contribution >= 0.6 is 0 Å². The molecule has 1 aliphatic rings. The molecular weight excluding hydrogens is 242 g/mol. The van der Waals surface area contributed by atoms with Crippen LogP contribution in [0, 0.1) is 11.3 Å². The van der Waals surface area contributed by atoms with Crippen LogP contribution in [0.2, 0.25) is 0 Å². The molecular formula is C14H17N3O2. The van der Waals surface area contributed by atoms with Crippen LogP contribution in [0.4, 0.5) is 5.69 Å². The summed E-state index contributed by atoms with van der Waals surface area (Å²) in [5, 5.41) is 17.6. The van der Waals surface area contributed by atoms with Crippen molar-refractivity contribution < 1.29 is 9.90 Å². The highest BCUT2D eigenvalue weighted by atomic mass is 16.4. The molecule has 0 unspecified atom stereocenters. The second-order valence-electron chi connectivity index (χ2n) is 4.67. The summed E-state index contributed by atoms with van der Waals surface area (Å²) < 4.78 is 0. The summed E-state index contributed by atoms with van der Waals surface area (Å²) in [7, 11) is 0. The van der Waals surface area contributed by atoms with Crippen LogP contribution in [0.5, 0.6) is 0 Å². The van der Waals surface area contributed by atoms with E-state index in [-0.39, 0.29) is 6.54 Å². The molecule has 5 heteroatoms. The molecule has 1 heterocycles. The molecule has 2 rings (SSSR count). The van der Waals surface area contributed by atoms with Gasteiger partial charge in [-0.3, -0.25) is 9.69 Å². The summed E-state index contributed by atoms with van der Waals surface area (Å²) >= 11 is 0. The summed E-state index contributed by atoms with van der Waals surface area (Å²) in [6.45, 7) is 3.42. The van der Waals surface area contributed by atoms with Crippen LogP contribution in [0.15, 0.2) is 24.3 Å². The van der Waals surface area contributed by atoms with E-state index in [9.17, 15) is 4.79 Å². The van der Waals surface area contributed by atoms with Gasteiger partial charge in [-0.05, 0) is 30.7 Å². The largest absolute Gasteiger partial charge is 0.480 e. The van der Waals surface area contributed by atoms with Crippen LogP contribution in [0.1, 0.15) is 12.0 Å². The van der Waals surface area contributed by atoms with Crippen molar-refractivity contribution in [2.24, 2.45) is 0 Å². The Bertz CT molecular complexity index is 478. The maximum Gasteiger partial charge on any atom is 0.317 e. The van der Waals surface area contributed by atoms with E-state index < -0.39 is 5.97 Å². The fourth-order valence-electron chi connectivity index (χ4n) is 2.33. The minimum Gasteiger partial charge on any atom is -0.480 e. The van der Waals surface area contributed by atoms with Crippen molar-refractivity contribution in [3.05, 3.63) is 29.8 Å². The Balaban J connectivity index is 1.98. The zero-order valence-corrected chi connectivity index (χ0v) is 10.7. The summed E-state index contributed by atoms with van der Waals surface area (Å²) in [6.07, 6.45) is 0.952. The minimum atomic E-state index is -0.771. The Labute approximate surface area is 112 Å². The third-order valence-corrected chi connectivity index (χ3v) is 3.31. The van der Waals surface area contributed by atoms with Crippen LogP contribution in [-0.4, -0.2) is 48.7 Å². The Kier molecular flexibility index (Phi) is 4.37. The van der Waals surface area contributed by atoms with Gasteiger partial charge in [0.1, 0.15) is 0 Å². The summed E-state index contributed by atoms with van der Waals surface area (Å²) in [5.41, 5.74) is 1.75. The molecule has 1 aromatic rings. The Hall–Kier alpha value is -2.06. The monoisotopic (exact) mass is 259 g/mol. The van der Waals surface area contributed by atoms with Gasteiger partial charge in [0.05, 0.1) is 18.2 Å². The van der Waals surface area contributed by atoms with Crippen LogP contribution in [-0.2, 0) is 4.79 Å². The molecule has 0 radical (unpaired) electrons. The van der Waals surface area contributed by atoms with Gasteiger partial charge in [-0.15, -0.1) is 0 Å². The number of nitriles is 1. The molecule has 0 saturated carbocycles. The van der Waals surface area contributed by atoms with Gasteiger partial charge in [0.2, 0.25) is 0 Å². The first-order valence-electron chi connectivity index (χ1n) is 6.38. The SMILES string of the molecule is N#Cc1ccc(N2CCCN(CC(=O)O)CC2)cc1. The lowest BCUT2D eigenvalue weighted by Gasteiger charge is -2.23. The quantitative estimate of drug-likeness (QED) is 0.882. The second kappa shape index (κ2) is 6.21. The van der Waals surface area contributed by atoms with E-state index in [2.05, 4.69) is 11.0 Å². The van der Waals surface area contributed by atoms with E-state index in [1.807, 2.05) is 29.2 Å². The van der Waals surface area contributed by atoms with E-state index in [4.69, 9.17) is 10.4 Å². The van der Waals surface area contributed by atoms with Crippen LogP contribution < -0.4 is 4.90 Å². The predicted molar refractivity (Wildman–Crippen MR) is 72.1 cm³/mol. The first-order valence-corrected chi connectivity index (χ1v) is 6.38. The van der Waals surface area contributed by atoms with Gasteiger partial charge < -0.3 is 10.0 Å². The number of nitrogens with zero attached hydrogens (tertiary/aromatic N) is 3. The van der Waals surface area contributed by atoms with Gasteiger partial charge >= 0.3 is 5.97 Å². The van der Waals surface area contributed by atoms with E-state index in [0.29, 0.717) is 5.56 Å². The zero-order chi connectivity index (χ0) is 13.7. The highest BCUT2D eigenvalue weighted by Crippen LogP contribution is 2.17. The molecule has 0 bridgehead atoms. The van der Waals surface area contributed by atoms with Crippen molar-refractivity contribution in [1.82, 2.24) is 4.90 Å². The topological polar surface area (TPSA) is 67.6 Å². The number of hydrogen-bond acceptors (Lipinski definition) is 4. The Morgan fingerprint density at radius 3 is 2.58 bits per heavy atom. The van der Waals surface area contributed by atoms with Gasteiger partial charge in [-0.2, -0.15) is 5.26 Å². The third kappa shape index (κ3) is 3.70. The molecule has 0 spiro atoms. The van der Waals surface area contributed by atoms with Gasteiger partial charge in [0, 0.05) is 31.9 Å². The molecule has 100 valence electrons. The second-order valence-corrected chi connectivity index (χ2v) is 4.67. The first kappa shape index (κ1) is 13.4. The first-order chi connectivity index (χ1) is 9.19. The molecule has 1 aliphatic heterocycles. The van der Waals surface area contributed by atoms with Gasteiger partial charge in [-0.1, -0.05) is 0 Å². The van der Waals surface area contributed by atoms with Crippen LogP contribution in [0.3, 0.4) is 0 Å². The number of carboxylic acids is 1. The summed E-state index contributed by atoms with van der Waals surface area (Å²) in [5.74, 6) is -0.771. The maximum atomic E-state index is 10.7. The van der Waals surface area contributed by atoms with Crippen molar-refractivity contribution in [2.75, 3.05) is 37.6 Å². The molecule has 1 N–H and O–H groups in total. The van der Waals surface area contributed by atoms with Crippen molar-refractivity contribution in [3.63, 3.8) is 0 Å². The smallest absolute Gasteiger partial charge is 0.317 e. The van der Waals surface area contributed by atoms with E-state index in [1.165, 1.54) is 0 Å². The fourth-order valence-corrected chi connectivity index (χ4v) is 2.33. The summed E-state index contributed by atoms with van der Waals surface area (Å²) in [4.78, 5) is 14.9. The lowest BCUT2D eigenvalue weighted by molar-refractivity contribution is -0.138. The molecule has 0 amide bonds. The summed E-state index contributed by atoms with van der Waals surface area (Å²) in [6, 6.07) is 9.64. The molecule has 1 aromatic carbocycles. The molecule has 0 aliphatic carbocycles. The lowest BCUT2D eigenvalue weighted by atomic mass is 10.2. The van der Waals surface area contributed by atoms with Gasteiger partial charge in [0.15, 0.2) is 0 Å². The number of hydrogen-bond donors (Lipinski definition) is 1.